The quantitative estimate of drug-likeness (QED) is 0.795. The highest BCUT2D eigenvalue weighted by Gasteiger charge is 2.35. The van der Waals surface area contributed by atoms with Crippen LogP contribution >= 0.6 is 0 Å². The number of pyridine rings is 1. The molecule has 0 amide bonds. The molecule has 0 spiro atoms. The number of aromatic nitrogens is 1. The Morgan fingerprint density at radius 2 is 2.12 bits per heavy atom. The molecule has 1 heterocycles. The molecule has 1 aliphatic carbocycles. The molecule has 0 N–H and O–H groups in total. The predicted octanol–water partition coefficient (Wildman–Crippen LogP) is 2.91. The minimum atomic E-state index is -2.55. The highest BCUT2D eigenvalue weighted by atomic mass is 19.3. The van der Waals surface area contributed by atoms with Crippen molar-refractivity contribution in [1.29, 1.82) is 5.26 Å². The third-order valence-corrected chi connectivity index (χ3v) is 2.81. The molecule has 1 aromatic heterocycles. The summed E-state index contributed by atoms with van der Waals surface area (Å²) < 4.78 is 31.4. The smallest absolute Gasteiger partial charge is 0.248 e. The fourth-order valence-electron chi connectivity index (χ4n) is 1.87. The molecule has 0 aromatic carbocycles. The van der Waals surface area contributed by atoms with Gasteiger partial charge in [-0.2, -0.15) is 5.26 Å². The second-order valence-electron chi connectivity index (χ2n) is 4.16. The van der Waals surface area contributed by atoms with Gasteiger partial charge in [0.1, 0.15) is 17.5 Å². The number of nitrogens with zero attached hydrogens (tertiary/aromatic N) is 2. The van der Waals surface area contributed by atoms with E-state index >= 15 is 0 Å². The lowest BCUT2D eigenvalue weighted by Gasteiger charge is -2.28. The summed E-state index contributed by atoms with van der Waals surface area (Å²) in [6.07, 6.45) is 1.71. The van der Waals surface area contributed by atoms with Crippen LogP contribution in [0.15, 0.2) is 18.3 Å². The largest absolute Gasteiger partial charge is 0.490 e. The topological polar surface area (TPSA) is 45.9 Å². The molecule has 1 saturated carbocycles. The van der Waals surface area contributed by atoms with E-state index in [0.29, 0.717) is 18.6 Å². The first kappa shape index (κ1) is 11.8. The fourth-order valence-corrected chi connectivity index (χ4v) is 1.87. The van der Waals surface area contributed by atoms with Gasteiger partial charge in [-0.25, -0.2) is 13.8 Å². The molecule has 2 rings (SSSR count). The normalized spacial score (nSPS) is 19.6. The third-order valence-electron chi connectivity index (χ3n) is 2.81. The molecule has 0 saturated heterocycles. The minimum Gasteiger partial charge on any atom is -0.490 e. The molecule has 0 bridgehead atoms. The monoisotopic (exact) mass is 238 g/mol. The lowest BCUT2D eigenvalue weighted by atomic mass is 9.94. The van der Waals surface area contributed by atoms with Crippen molar-refractivity contribution in [3.63, 3.8) is 0 Å². The minimum absolute atomic E-state index is 0.131. The van der Waals surface area contributed by atoms with Gasteiger partial charge in [-0.3, -0.25) is 0 Å². The van der Waals surface area contributed by atoms with Crippen LogP contribution in [0.4, 0.5) is 8.78 Å². The molecule has 0 aliphatic heterocycles. The lowest BCUT2D eigenvalue weighted by Crippen LogP contribution is -2.30. The number of hydrogen-bond acceptors (Lipinski definition) is 3. The van der Waals surface area contributed by atoms with Crippen LogP contribution in [0, 0.1) is 11.3 Å². The molecule has 0 radical (unpaired) electrons. The van der Waals surface area contributed by atoms with Gasteiger partial charge in [-0.05, 0) is 18.9 Å². The maximum atomic E-state index is 12.9. The van der Waals surface area contributed by atoms with Crippen molar-refractivity contribution >= 4 is 0 Å². The van der Waals surface area contributed by atoms with Gasteiger partial charge < -0.3 is 4.74 Å². The zero-order valence-electron chi connectivity index (χ0n) is 9.20. The van der Waals surface area contributed by atoms with Crippen molar-refractivity contribution in [2.45, 2.75) is 37.7 Å². The summed E-state index contributed by atoms with van der Waals surface area (Å²) >= 11 is 0. The Hall–Kier alpha value is -1.70. The Morgan fingerprint density at radius 3 is 2.76 bits per heavy atom. The second-order valence-corrected chi connectivity index (χ2v) is 4.16. The standard InChI is InChI=1S/C12H12F2N2O/c13-12(14)4-1-10(2-5-12)17-11-3-6-16-9(7-11)8-15/h3,6-7,10H,1-2,4-5H2. The van der Waals surface area contributed by atoms with Gasteiger partial charge >= 0.3 is 0 Å². The summed E-state index contributed by atoms with van der Waals surface area (Å²) in [5.74, 6) is -2.03. The number of nitriles is 1. The van der Waals surface area contributed by atoms with Crippen LogP contribution in [0.2, 0.25) is 0 Å². The summed E-state index contributed by atoms with van der Waals surface area (Å²) in [5.41, 5.74) is 0.267. The number of ether oxygens (including phenoxy) is 1. The summed E-state index contributed by atoms with van der Waals surface area (Å²) in [6.45, 7) is 0. The van der Waals surface area contributed by atoms with Crippen molar-refractivity contribution < 1.29 is 13.5 Å². The highest BCUT2D eigenvalue weighted by molar-refractivity contribution is 5.29. The number of alkyl halides is 2. The summed E-state index contributed by atoms with van der Waals surface area (Å²) in [6, 6.07) is 5.06. The van der Waals surface area contributed by atoms with Gasteiger partial charge in [0.25, 0.3) is 0 Å². The molecule has 1 fully saturated rings. The van der Waals surface area contributed by atoms with Crippen LogP contribution in [0.1, 0.15) is 31.4 Å². The Kier molecular flexibility index (Phi) is 3.23. The van der Waals surface area contributed by atoms with E-state index in [1.54, 1.807) is 6.07 Å². The molecule has 0 atom stereocenters. The second kappa shape index (κ2) is 4.66. The van der Waals surface area contributed by atoms with E-state index in [0.717, 1.165) is 0 Å². The first-order valence-electron chi connectivity index (χ1n) is 5.50. The number of hydrogen-bond donors (Lipinski definition) is 0. The van der Waals surface area contributed by atoms with Crippen LogP contribution in [0.25, 0.3) is 0 Å². The van der Waals surface area contributed by atoms with Crippen LogP contribution < -0.4 is 4.74 Å². The van der Waals surface area contributed by atoms with Gasteiger partial charge in [-0.1, -0.05) is 0 Å². The van der Waals surface area contributed by atoms with Crippen molar-refractivity contribution in [3.8, 4) is 11.8 Å². The average molecular weight is 238 g/mol. The summed E-state index contributed by atoms with van der Waals surface area (Å²) in [5, 5.41) is 8.67. The average Bonchev–Trinajstić information content (AvgIpc) is 2.32. The zero-order valence-corrected chi connectivity index (χ0v) is 9.20. The van der Waals surface area contributed by atoms with Crippen molar-refractivity contribution in [2.75, 3.05) is 0 Å². The van der Waals surface area contributed by atoms with Crippen LogP contribution in [-0.2, 0) is 0 Å². The zero-order chi connectivity index (χ0) is 12.3. The van der Waals surface area contributed by atoms with Crippen molar-refractivity contribution in [2.24, 2.45) is 0 Å². The number of halogens is 2. The van der Waals surface area contributed by atoms with E-state index in [4.69, 9.17) is 10.00 Å². The third kappa shape index (κ3) is 3.13. The van der Waals surface area contributed by atoms with E-state index in [2.05, 4.69) is 4.98 Å². The van der Waals surface area contributed by atoms with E-state index in [-0.39, 0.29) is 24.6 Å². The Bertz CT molecular complexity index is 432. The van der Waals surface area contributed by atoms with Gasteiger partial charge in [0.15, 0.2) is 0 Å². The lowest BCUT2D eigenvalue weighted by molar-refractivity contribution is -0.0582. The Balaban J connectivity index is 1.96. The van der Waals surface area contributed by atoms with E-state index in [1.807, 2.05) is 6.07 Å². The highest BCUT2D eigenvalue weighted by Crippen LogP contribution is 2.34. The van der Waals surface area contributed by atoms with Gasteiger partial charge in [0, 0.05) is 25.1 Å². The summed E-state index contributed by atoms with van der Waals surface area (Å²) in [7, 11) is 0. The van der Waals surface area contributed by atoms with Crippen LogP contribution in [-0.4, -0.2) is 17.0 Å². The maximum Gasteiger partial charge on any atom is 0.248 e. The van der Waals surface area contributed by atoms with Gasteiger partial charge in [0.05, 0.1) is 6.10 Å². The molecule has 17 heavy (non-hydrogen) atoms. The first-order valence-corrected chi connectivity index (χ1v) is 5.50. The van der Waals surface area contributed by atoms with Crippen molar-refractivity contribution in [3.05, 3.63) is 24.0 Å². The van der Waals surface area contributed by atoms with Crippen LogP contribution in [0.3, 0.4) is 0 Å². The molecule has 0 unspecified atom stereocenters. The SMILES string of the molecule is N#Cc1cc(OC2CCC(F)(F)CC2)ccn1. The molecular weight excluding hydrogens is 226 g/mol. The van der Waals surface area contributed by atoms with Crippen molar-refractivity contribution in [1.82, 2.24) is 4.98 Å². The molecule has 1 aliphatic rings. The van der Waals surface area contributed by atoms with Gasteiger partial charge in [-0.15, -0.1) is 0 Å². The summed E-state index contributed by atoms with van der Waals surface area (Å²) in [4.78, 5) is 3.81. The van der Waals surface area contributed by atoms with Gasteiger partial charge in [0.2, 0.25) is 5.92 Å². The first-order chi connectivity index (χ1) is 8.09. The van der Waals surface area contributed by atoms with Crippen LogP contribution in [0.5, 0.6) is 5.75 Å². The molecule has 1 aromatic rings. The van der Waals surface area contributed by atoms with E-state index < -0.39 is 5.92 Å². The Morgan fingerprint density at radius 1 is 1.41 bits per heavy atom. The van der Waals surface area contributed by atoms with E-state index in [1.165, 1.54) is 12.3 Å². The molecule has 3 nitrogen and oxygen atoms in total. The molecule has 5 heteroatoms. The molecular formula is C12H12F2N2O. The van der Waals surface area contributed by atoms with E-state index in [9.17, 15) is 8.78 Å². The Labute approximate surface area is 98.0 Å². The predicted molar refractivity (Wildman–Crippen MR) is 56.8 cm³/mol. The number of rotatable bonds is 2. The molecule has 90 valence electrons. The fraction of sp³-hybridized carbons (Fsp3) is 0.500. The maximum absolute atomic E-state index is 12.9.